The van der Waals surface area contributed by atoms with E-state index in [2.05, 4.69) is 0 Å². The van der Waals surface area contributed by atoms with Gasteiger partial charge in [-0.1, -0.05) is 54.6 Å². The molecule has 0 bridgehead atoms. The van der Waals surface area contributed by atoms with Gasteiger partial charge in [0.25, 0.3) is 8.03 Å². The van der Waals surface area contributed by atoms with Gasteiger partial charge in [0.15, 0.2) is 0 Å². The highest BCUT2D eigenvalue weighted by atomic mass is 31.1. The predicted molar refractivity (Wildman–Crippen MR) is 123 cm³/mol. The first-order chi connectivity index (χ1) is 16.0. The summed E-state index contributed by atoms with van der Waals surface area (Å²) in [7, 11) is -7.43. The van der Waals surface area contributed by atoms with Crippen LogP contribution in [0.5, 0.6) is 11.5 Å². The summed E-state index contributed by atoms with van der Waals surface area (Å²) in [6.45, 7) is 1.32. The van der Waals surface area contributed by atoms with Crippen LogP contribution in [0.25, 0.3) is 0 Å². The van der Waals surface area contributed by atoms with Crippen LogP contribution in [0, 0.1) is 0 Å². The molecular weight excluding hydrogens is 491 g/mol. The van der Waals surface area contributed by atoms with E-state index in [4.69, 9.17) is 19.3 Å². The van der Waals surface area contributed by atoms with Crippen LogP contribution in [-0.4, -0.2) is 9.79 Å². The normalized spacial score (nSPS) is 15.2. The van der Waals surface area contributed by atoms with E-state index in [-0.39, 0.29) is 18.8 Å². The molecule has 3 atom stereocenters. The molecule has 0 saturated heterocycles. The lowest BCUT2D eigenvalue weighted by atomic mass is 10.1. The van der Waals surface area contributed by atoms with E-state index in [9.17, 15) is 22.3 Å². The van der Waals surface area contributed by atoms with Crippen molar-refractivity contribution in [3.63, 3.8) is 0 Å². The van der Waals surface area contributed by atoms with Crippen molar-refractivity contribution in [1.82, 2.24) is 0 Å². The van der Waals surface area contributed by atoms with Crippen molar-refractivity contribution in [2.75, 3.05) is 0 Å². The number of rotatable bonds is 10. The third-order valence-electron chi connectivity index (χ3n) is 5.10. The highest BCUT2D eigenvalue weighted by Crippen LogP contribution is 2.47. The van der Waals surface area contributed by atoms with Gasteiger partial charge in [-0.2, -0.15) is 8.78 Å². The molecule has 0 aliphatic carbocycles. The van der Waals surface area contributed by atoms with Gasteiger partial charge in [0, 0.05) is 11.6 Å². The molecule has 0 aliphatic rings. The zero-order valence-electron chi connectivity index (χ0n) is 18.0. The molecule has 6 nitrogen and oxygen atoms in total. The van der Waals surface area contributed by atoms with Crippen LogP contribution < -0.4 is 9.47 Å². The summed E-state index contributed by atoms with van der Waals surface area (Å²) in [4.78, 5) is 17.9. The molecule has 0 saturated carbocycles. The van der Waals surface area contributed by atoms with Gasteiger partial charge < -0.3 is 19.3 Å². The zero-order chi connectivity index (χ0) is 24.9. The summed E-state index contributed by atoms with van der Waals surface area (Å²) in [5.74, 6) is 0.976. The van der Waals surface area contributed by atoms with Crippen molar-refractivity contribution in [2.45, 2.75) is 31.2 Å². The first kappa shape index (κ1) is 26.0. The summed E-state index contributed by atoms with van der Waals surface area (Å²) in [5, 5.41) is -2.30. The second kappa shape index (κ2) is 10.8. The third-order valence-corrected chi connectivity index (χ3v) is 7.02. The van der Waals surface area contributed by atoms with Gasteiger partial charge in [-0.25, -0.2) is 4.39 Å². The molecule has 0 aromatic heterocycles. The Morgan fingerprint density at radius 1 is 0.735 bits per heavy atom. The Morgan fingerprint density at radius 2 is 1.18 bits per heavy atom. The summed E-state index contributed by atoms with van der Waals surface area (Å²) < 4.78 is 74.9. The van der Waals surface area contributed by atoms with Crippen molar-refractivity contribution >= 4 is 16.1 Å². The number of hydrogen-bond donors (Lipinski definition) is 2. The number of hydrogen-bond acceptors (Lipinski definition) is 4. The minimum absolute atomic E-state index is 0.0844. The van der Waals surface area contributed by atoms with Crippen LogP contribution >= 0.6 is 16.1 Å². The summed E-state index contributed by atoms with van der Waals surface area (Å²) in [6.07, 6.45) is 0. The molecule has 0 amide bonds. The van der Waals surface area contributed by atoms with Crippen LogP contribution in [-0.2, 0) is 33.4 Å². The van der Waals surface area contributed by atoms with Crippen LogP contribution in [0.2, 0.25) is 0 Å². The van der Waals surface area contributed by atoms with Crippen molar-refractivity contribution in [2.24, 2.45) is 0 Å². The highest BCUT2D eigenvalue weighted by molar-refractivity contribution is 7.39. The molecule has 0 spiro atoms. The maximum absolute atomic E-state index is 14.3. The maximum atomic E-state index is 14.3. The molecule has 0 fully saturated rings. The van der Waals surface area contributed by atoms with Crippen molar-refractivity contribution in [1.29, 1.82) is 0 Å². The molecular formula is C23H23F3O6P2. The first-order valence-electron chi connectivity index (χ1n) is 10.1. The Kier molecular flexibility index (Phi) is 8.26. The molecule has 11 heteroatoms. The molecule has 2 N–H and O–H groups in total. The lowest BCUT2D eigenvalue weighted by Crippen LogP contribution is -2.09. The van der Waals surface area contributed by atoms with Crippen LogP contribution in [0.15, 0.2) is 72.8 Å². The number of halogens is 3. The van der Waals surface area contributed by atoms with Gasteiger partial charge in [-0.3, -0.25) is 9.13 Å². The molecule has 3 rings (SSSR count). The predicted octanol–water partition coefficient (Wildman–Crippen LogP) is 5.97. The lowest BCUT2D eigenvalue weighted by molar-refractivity contribution is 0.0814. The highest BCUT2D eigenvalue weighted by Gasteiger charge is 2.37. The molecule has 0 radical (unpaired) electrons. The van der Waals surface area contributed by atoms with E-state index >= 15 is 0 Å². The van der Waals surface area contributed by atoms with Gasteiger partial charge in [-0.15, -0.1) is 0 Å². The molecule has 0 heterocycles. The Balaban J connectivity index is 1.57. The lowest BCUT2D eigenvalue weighted by Gasteiger charge is -2.17. The Hall–Kier alpha value is -2.57. The van der Waals surface area contributed by atoms with E-state index in [0.29, 0.717) is 17.1 Å². The molecule has 0 aliphatic heterocycles. The second-order valence-electron chi connectivity index (χ2n) is 7.63. The monoisotopic (exact) mass is 514 g/mol. The second-order valence-corrected chi connectivity index (χ2v) is 10.4. The van der Waals surface area contributed by atoms with E-state index in [1.807, 2.05) is 0 Å². The first-order valence-corrected chi connectivity index (χ1v) is 12.8. The van der Waals surface area contributed by atoms with Gasteiger partial charge >= 0.3 is 5.66 Å². The van der Waals surface area contributed by atoms with Crippen LogP contribution in [0.1, 0.15) is 29.2 Å². The molecule has 3 unspecified atom stereocenters. The van der Waals surface area contributed by atoms with Crippen molar-refractivity contribution < 1.29 is 41.6 Å². The fourth-order valence-corrected chi connectivity index (χ4v) is 3.79. The van der Waals surface area contributed by atoms with Crippen molar-refractivity contribution in [3.8, 4) is 11.5 Å². The van der Waals surface area contributed by atoms with Gasteiger partial charge in [0.2, 0.25) is 13.4 Å². The van der Waals surface area contributed by atoms with Crippen LogP contribution in [0.3, 0.4) is 0 Å². The average molecular weight is 514 g/mol. The fourth-order valence-electron chi connectivity index (χ4n) is 2.96. The maximum Gasteiger partial charge on any atom is 0.343 e. The molecule has 3 aromatic carbocycles. The quantitative estimate of drug-likeness (QED) is 0.324. The Bertz CT molecular complexity index is 1080. The Labute approximate surface area is 195 Å². The Morgan fingerprint density at radius 3 is 1.59 bits per heavy atom. The largest absolute Gasteiger partial charge is 0.489 e. The average Bonchev–Trinajstić information content (AvgIpc) is 2.82. The summed E-state index contributed by atoms with van der Waals surface area (Å²) in [5.41, 5.74) is -2.88. The van der Waals surface area contributed by atoms with Gasteiger partial charge in [0.05, 0.1) is 0 Å². The van der Waals surface area contributed by atoms with Crippen LogP contribution in [0.4, 0.5) is 13.2 Å². The SMILES string of the molecule is CC(F)(c1ccc(COc2cccc(OCc3ccc(C(F)(F)[PH](=O)O)cc3)c2)cc1)[PH](=O)O. The number of ether oxygens (including phenoxy) is 2. The third kappa shape index (κ3) is 6.30. The molecule has 182 valence electrons. The van der Waals surface area contributed by atoms with E-state index < -0.39 is 32.7 Å². The molecule has 3 aromatic rings. The van der Waals surface area contributed by atoms with Gasteiger partial charge in [0.1, 0.15) is 24.7 Å². The minimum Gasteiger partial charge on any atom is -0.489 e. The van der Waals surface area contributed by atoms with Crippen molar-refractivity contribution in [3.05, 3.63) is 95.1 Å². The van der Waals surface area contributed by atoms with E-state index in [0.717, 1.165) is 24.6 Å². The number of benzene rings is 3. The molecule has 34 heavy (non-hydrogen) atoms. The summed E-state index contributed by atoms with van der Waals surface area (Å²) in [6, 6.07) is 17.8. The standard InChI is InChI=1S/C23H23F3O6P2/c1-22(24,33(27)28)18-9-5-16(6-10-18)14-31-20-3-2-4-21(13-20)32-15-17-7-11-19(12-8-17)23(25,26)34(29)30/h2-13,33-34H,14-15H2,1H3,(H,27,28)(H,29,30). The number of alkyl halides is 3. The van der Waals surface area contributed by atoms with Gasteiger partial charge in [-0.05, 0) is 35.7 Å². The topological polar surface area (TPSA) is 93.1 Å². The van der Waals surface area contributed by atoms with E-state index in [1.54, 1.807) is 36.4 Å². The fraction of sp³-hybridized carbons (Fsp3) is 0.217. The minimum atomic E-state index is -4.04. The zero-order valence-corrected chi connectivity index (χ0v) is 20.0. The smallest absolute Gasteiger partial charge is 0.343 e. The summed E-state index contributed by atoms with van der Waals surface area (Å²) >= 11 is 0. The van der Waals surface area contributed by atoms with E-state index in [1.165, 1.54) is 24.3 Å².